The van der Waals surface area contributed by atoms with Crippen LogP contribution in [0.5, 0.6) is 0 Å². The van der Waals surface area contributed by atoms with Crippen molar-refractivity contribution in [3.05, 3.63) is 30.1 Å². The van der Waals surface area contributed by atoms with Crippen LogP contribution in [0, 0.1) is 0 Å². The first-order chi connectivity index (χ1) is 6.93. The molecule has 0 unspecified atom stereocenters. The Morgan fingerprint density at radius 1 is 1.36 bits per heavy atom. The smallest absolute Gasteiger partial charge is 0.0591 e. The van der Waals surface area contributed by atoms with Gasteiger partial charge in [-0.15, -0.1) is 0 Å². The summed E-state index contributed by atoms with van der Waals surface area (Å²) < 4.78 is 5.44. The molecule has 0 radical (unpaired) electrons. The van der Waals surface area contributed by atoms with E-state index in [0.29, 0.717) is 0 Å². The Balaban J connectivity index is 1.99. The van der Waals surface area contributed by atoms with Crippen LogP contribution >= 0.6 is 0 Å². The van der Waals surface area contributed by atoms with Crippen LogP contribution in [-0.4, -0.2) is 31.3 Å². The highest BCUT2D eigenvalue weighted by Crippen LogP contribution is 1.94. The minimum Gasteiger partial charge on any atom is -0.380 e. The minimum absolute atomic E-state index is 0.752. The maximum Gasteiger partial charge on any atom is 0.0591 e. The zero-order chi connectivity index (χ0) is 10.1. The van der Waals surface area contributed by atoms with Crippen molar-refractivity contribution in [1.82, 2.24) is 10.3 Å². The highest BCUT2D eigenvalue weighted by atomic mass is 16.5. The Morgan fingerprint density at radius 3 is 3.00 bits per heavy atom. The topological polar surface area (TPSA) is 34.1 Å². The molecular formula is C11H18N2O. The second kappa shape index (κ2) is 7.47. The molecule has 0 spiro atoms. The second-order valence-corrected chi connectivity index (χ2v) is 3.04. The van der Waals surface area contributed by atoms with Gasteiger partial charge in [0.05, 0.1) is 13.2 Å². The lowest BCUT2D eigenvalue weighted by atomic mass is 10.3. The molecule has 3 nitrogen and oxygen atoms in total. The average Bonchev–Trinajstić information content (AvgIpc) is 2.25. The number of nitrogens with zero attached hydrogens (tertiary/aromatic N) is 1. The number of pyridine rings is 1. The molecule has 0 amide bonds. The molecule has 0 aliphatic carbocycles. The Bertz CT molecular complexity index is 226. The van der Waals surface area contributed by atoms with E-state index in [1.54, 1.807) is 0 Å². The monoisotopic (exact) mass is 194 g/mol. The van der Waals surface area contributed by atoms with Gasteiger partial charge in [0.1, 0.15) is 0 Å². The summed E-state index contributed by atoms with van der Waals surface area (Å²) in [5.74, 6) is 0. The quantitative estimate of drug-likeness (QED) is 0.663. The van der Waals surface area contributed by atoms with E-state index in [4.69, 9.17) is 4.74 Å². The molecule has 0 saturated heterocycles. The summed E-state index contributed by atoms with van der Waals surface area (Å²) in [6, 6.07) is 5.95. The van der Waals surface area contributed by atoms with Crippen LogP contribution in [0.15, 0.2) is 24.4 Å². The molecule has 1 aromatic rings. The van der Waals surface area contributed by atoms with E-state index in [9.17, 15) is 0 Å². The molecule has 3 heteroatoms. The summed E-state index contributed by atoms with van der Waals surface area (Å²) in [6.07, 6.45) is 2.71. The van der Waals surface area contributed by atoms with E-state index < -0.39 is 0 Å². The van der Waals surface area contributed by atoms with Crippen LogP contribution in [0.25, 0.3) is 0 Å². The normalized spacial score (nSPS) is 10.4. The highest BCUT2D eigenvalue weighted by molar-refractivity contribution is 5.03. The van der Waals surface area contributed by atoms with Gasteiger partial charge in [0.2, 0.25) is 0 Å². The predicted molar refractivity (Wildman–Crippen MR) is 57.3 cm³/mol. The Morgan fingerprint density at radius 2 is 2.29 bits per heavy atom. The van der Waals surface area contributed by atoms with E-state index >= 15 is 0 Å². The van der Waals surface area contributed by atoms with Crippen molar-refractivity contribution in [3.63, 3.8) is 0 Å². The van der Waals surface area contributed by atoms with Gasteiger partial charge in [-0.2, -0.15) is 0 Å². The van der Waals surface area contributed by atoms with Crippen LogP contribution in [-0.2, 0) is 11.2 Å². The molecule has 0 aliphatic rings. The third-order valence-electron chi connectivity index (χ3n) is 1.90. The van der Waals surface area contributed by atoms with Gasteiger partial charge in [-0.05, 0) is 18.7 Å². The van der Waals surface area contributed by atoms with Crippen LogP contribution in [0.4, 0.5) is 0 Å². The number of nitrogens with one attached hydrogen (secondary N) is 1. The number of aromatic nitrogens is 1. The number of hydrogen-bond acceptors (Lipinski definition) is 3. The van der Waals surface area contributed by atoms with Crippen molar-refractivity contribution in [2.45, 2.75) is 13.3 Å². The largest absolute Gasteiger partial charge is 0.380 e. The molecule has 0 fully saturated rings. The van der Waals surface area contributed by atoms with Gasteiger partial charge in [0.15, 0.2) is 0 Å². The first kappa shape index (κ1) is 11.1. The molecule has 14 heavy (non-hydrogen) atoms. The first-order valence-corrected chi connectivity index (χ1v) is 5.12. The van der Waals surface area contributed by atoms with Gasteiger partial charge in [-0.3, -0.25) is 4.98 Å². The highest BCUT2D eigenvalue weighted by Gasteiger charge is 1.92. The third-order valence-corrected chi connectivity index (χ3v) is 1.90. The standard InChI is InChI=1S/C11H18N2O/c1-2-12-8-10-14-9-6-11-5-3-4-7-13-11/h3-5,7,12H,2,6,8-10H2,1H3. The van der Waals surface area contributed by atoms with Gasteiger partial charge in [0.25, 0.3) is 0 Å². The van der Waals surface area contributed by atoms with Crippen molar-refractivity contribution in [1.29, 1.82) is 0 Å². The summed E-state index contributed by atoms with van der Waals surface area (Å²) in [5.41, 5.74) is 1.09. The Hall–Kier alpha value is -0.930. The fourth-order valence-electron chi connectivity index (χ4n) is 1.15. The lowest BCUT2D eigenvalue weighted by molar-refractivity contribution is 0.139. The number of ether oxygens (including phenoxy) is 1. The first-order valence-electron chi connectivity index (χ1n) is 5.12. The Labute approximate surface area is 85.5 Å². The fourth-order valence-corrected chi connectivity index (χ4v) is 1.15. The lowest BCUT2D eigenvalue weighted by Gasteiger charge is -2.03. The van der Waals surface area contributed by atoms with Crippen molar-refractivity contribution >= 4 is 0 Å². The van der Waals surface area contributed by atoms with E-state index in [1.165, 1.54) is 0 Å². The maximum atomic E-state index is 5.44. The predicted octanol–water partition coefficient (Wildman–Crippen LogP) is 1.25. The van der Waals surface area contributed by atoms with Gasteiger partial charge >= 0.3 is 0 Å². The van der Waals surface area contributed by atoms with Crippen molar-refractivity contribution < 1.29 is 4.74 Å². The molecule has 0 aliphatic heterocycles. The van der Waals surface area contributed by atoms with E-state index in [2.05, 4.69) is 17.2 Å². The summed E-state index contributed by atoms with van der Waals surface area (Å²) in [6.45, 7) is 5.55. The van der Waals surface area contributed by atoms with Gasteiger partial charge in [-0.1, -0.05) is 13.0 Å². The molecule has 1 heterocycles. The summed E-state index contributed by atoms with van der Waals surface area (Å²) in [7, 11) is 0. The van der Waals surface area contributed by atoms with Gasteiger partial charge in [0, 0.05) is 24.9 Å². The molecular weight excluding hydrogens is 176 g/mol. The van der Waals surface area contributed by atoms with Crippen molar-refractivity contribution in [2.75, 3.05) is 26.3 Å². The lowest BCUT2D eigenvalue weighted by Crippen LogP contribution is -2.19. The fraction of sp³-hybridized carbons (Fsp3) is 0.545. The summed E-state index contributed by atoms with van der Waals surface area (Å²) in [5, 5.41) is 3.21. The SMILES string of the molecule is CCNCCOCCc1ccccn1. The van der Waals surface area contributed by atoms with E-state index in [0.717, 1.165) is 38.4 Å². The third kappa shape index (κ3) is 4.94. The van der Waals surface area contributed by atoms with Crippen LogP contribution in [0.1, 0.15) is 12.6 Å². The van der Waals surface area contributed by atoms with Crippen LogP contribution in [0.2, 0.25) is 0 Å². The molecule has 0 aromatic carbocycles. The van der Waals surface area contributed by atoms with Crippen molar-refractivity contribution in [3.8, 4) is 0 Å². The van der Waals surface area contributed by atoms with Crippen molar-refractivity contribution in [2.24, 2.45) is 0 Å². The Kier molecular flexibility index (Phi) is 5.95. The number of likely N-dealkylation sites (N-methyl/N-ethyl adjacent to an activating group) is 1. The number of rotatable bonds is 7. The van der Waals surface area contributed by atoms with Crippen LogP contribution < -0.4 is 5.32 Å². The summed E-state index contributed by atoms with van der Waals surface area (Å²) in [4.78, 5) is 4.22. The molecule has 0 bridgehead atoms. The molecule has 0 atom stereocenters. The zero-order valence-corrected chi connectivity index (χ0v) is 8.70. The molecule has 1 N–H and O–H groups in total. The number of hydrogen-bond donors (Lipinski definition) is 1. The van der Waals surface area contributed by atoms with E-state index in [-0.39, 0.29) is 0 Å². The van der Waals surface area contributed by atoms with Crippen LogP contribution in [0.3, 0.4) is 0 Å². The van der Waals surface area contributed by atoms with Gasteiger partial charge in [-0.25, -0.2) is 0 Å². The average molecular weight is 194 g/mol. The zero-order valence-electron chi connectivity index (χ0n) is 8.70. The molecule has 0 saturated carbocycles. The molecule has 1 rings (SSSR count). The minimum atomic E-state index is 0.752. The molecule has 1 aromatic heterocycles. The maximum absolute atomic E-state index is 5.44. The van der Waals surface area contributed by atoms with Gasteiger partial charge < -0.3 is 10.1 Å². The molecule has 78 valence electrons. The summed E-state index contributed by atoms with van der Waals surface area (Å²) >= 11 is 0. The second-order valence-electron chi connectivity index (χ2n) is 3.04. The van der Waals surface area contributed by atoms with E-state index in [1.807, 2.05) is 24.4 Å².